The summed E-state index contributed by atoms with van der Waals surface area (Å²) in [5, 5.41) is 13.4. The predicted octanol–water partition coefficient (Wildman–Crippen LogP) is 1.84. The van der Waals surface area contributed by atoms with Crippen LogP contribution in [0.3, 0.4) is 0 Å². The number of hydrogen-bond acceptors (Lipinski definition) is 5. The van der Waals surface area contributed by atoms with Crippen molar-refractivity contribution in [3.8, 4) is 5.75 Å². The highest BCUT2D eigenvalue weighted by molar-refractivity contribution is 5.91. The first-order valence-corrected chi connectivity index (χ1v) is 8.38. The molecule has 6 heteroatoms. The molecule has 1 unspecified atom stereocenters. The highest BCUT2D eigenvalue weighted by atomic mass is 16.5. The van der Waals surface area contributed by atoms with Crippen LogP contribution in [0.5, 0.6) is 5.75 Å². The molecule has 0 saturated carbocycles. The Kier molecular flexibility index (Phi) is 5.31. The minimum atomic E-state index is -0.934. The summed E-state index contributed by atoms with van der Waals surface area (Å²) in [4.78, 5) is 18.1. The molecule has 1 fully saturated rings. The van der Waals surface area contributed by atoms with Gasteiger partial charge in [0.15, 0.2) is 0 Å². The number of amides is 1. The largest absolute Gasteiger partial charge is 0.491 e. The van der Waals surface area contributed by atoms with Crippen LogP contribution in [-0.4, -0.2) is 52.7 Å². The smallest absolute Gasteiger partial charge is 0.239 e. The molecule has 1 aromatic heterocycles. The molecule has 132 valence electrons. The van der Waals surface area contributed by atoms with Crippen molar-refractivity contribution in [3.63, 3.8) is 0 Å². The van der Waals surface area contributed by atoms with Crippen LogP contribution in [0.25, 0.3) is 0 Å². The third-order valence-corrected chi connectivity index (χ3v) is 4.24. The Bertz CT molecular complexity index is 706. The number of pyridine rings is 1. The number of aromatic nitrogens is 1. The van der Waals surface area contributed by atoms with Gasteiger partial charge in [0, 0.05) is 19.3 Å². The predicted molar refractivity (Wildman–Crippen MR) is 95.5 cm³/mol. The minimum absolute atomic E-state index is 0.137. The molecule has 0 bridgehead atoms. The molecule has 1 saturated heterocycles. The SMILES string of the molecule is Cc1ccc(OCC2(O)CCN(CC(=O)Nc3ccccn3)C2)cc1. The number of rotatable bonds is 6. The molecule has 2 heterocycles. The first-order chi connectivity index (χ1) is 12.0. The molecule has 2 N–H and O–H groups in total. The van der Waals surface area contributed by atoms with E-state index < -0.39 is 5.60 Å². The molecule has 3 rings (SSSR count). The Morgan fingerprint density at radius 2 is 2.12 bits per heavy atom. The van der Waals surface area contributed by atoms with Gasteiger partial charge in [-0.25, -0.2) is 4.98 Å². The van der Waals surface area contributed by atoms with E-state index in [1.165, 1.54) is 0 Å². The monoisotopic (exact) mass is 341 g/mol. The number of hydrogen-bond donors (Lipinski definition) is 2. The van der Waals surface area contributed by atoms with Crippen molar-refractivity contribution in [2.75, 3.05) is 31.6 Å². The molecular weight excluding hydrogens is 318 g/mol. The highest BCUT2D eigenvalue weighted by Gasteiger charge is 2.37. The molecule has 1 atom stereocenters. The van der Waals surface area contributed by atoms with E-state index >= 15 is 0 Å². The zero-order chi connectivity index (χ0) is 17.7. The molecule has 1 amide bonds. The molecular formula is C19H23N3O3. The van der Waals surface area contributed by atoms with E-state index in [0.29, 0.717) is 25.3 Å². The standard InChI is InChI=1S/C19H23N3O3/c1-15-5-7-16(8-6-15)25-14-19(24)9-11-22(13-19)12-18(23)21-17-4-2-3-10-20-17/h2-8,10,24H,9,11-14H2,1H3,(H,20,21,23). The molecule has 0 aliphatic carbocycles. The number of aliphatic hydroxyl groups is 1. The number of benzene rings is 1. The van der Waals surface area contributed by atoms with Gasteiger partial charge in [0.05, 0.1) is 6.54 Å². The van der Waals surface area contributed by atoms with Crippen LogP contribution in [0.2, 0.25) is 0 Å². The molecule has 0 radical (unpaired) electrons. The lowest BCUT2D eigenvalue weighted by Gasteiger charge is -2.23. The van der Waals surface area contributed by atoms with Gasteiger partial charge in [0.1, 0.15) is 23.8 Å². The molecule has 2 aromatic rings. The maximum absolute atomic E-state index is 12.1. The number of anilines is 1. The fourth-order valence-corrected chi connectivity index (χ4v) is 2.87. The van der Waals surface area contributed by atoms with Crippen LogP contribution in [0.4, 0.5) is 5.82 Å². The molecule has 1 aliphatic rings. The van der Waals surface area contributed by atoms with E-state index in [1.54, 1.807) is 18.3 Å². The fourth-order valence-electron chi connectivity index (χ4n) is 2.87. The van der Waals surface area contributed by atoms with Crippen molar-refractivity contribution < 1.29 is 14.6 Å². The average molecular weight is 341 g/mol. The second kappa shape index (κ2) is 7.63. The van der Waals surface area contributed by atoms with Crippen molar-refractivity contribution in [2.24, 2.45) is 0 Å². The van der Waals surface area contributed by atoms with Gasteiger partial charge in [-0.3, -0.25) is 9.69 Å². The zero-order valence-corrected chi connectivity index (χ0v) is 14.3. The maximum atomic E-state index is 12.1. The third-order valence-electron chi connectivity index (χ3n) is 4.24. The van der Waals surface area contributed by atoms with Gasteiger partial charge in [-0.05, 0) is 37.6 Å². The van der Waals surface area contributed by atoms with E-state index in [1.807, 2.05) is 42.2 Å². The summed E-state index contributed by atoms with van der Waals surface area (Å²) in [6, 6.07) is 13.1. The van der Waals surface area contributed by atoms with Crippen LogP contribution in [0, 0.1) is 6.92 Å². The highest BCUT2D eigenvalue weighted by Crippen LogP contribution is 2.23. The minimum Gasteiger partial charge on any atom is -0.491 e. The topological polar surface area (TPSA) is 74.7 Å². The molecule has 1 aromatic carbocycles. The van der Waals surface area contributed by atoms with Crippen LogP contribution in [-0.2, 0) is 4.79 Å². The van der Waals surface area contributed by atoms with E-state index in [4.69, 9.17) is 4.74 Å². The number of nitrogens with one attached hydrogen (secondary N) is 1. The molecule has 6 nitrogen and oxygen atoms in total. The Balaban J connectivity index is 1.47. The molecule has 25 heavy (non-hydrogen) atoms. The van der Waals surface area contributed by atoms with Crippen molar-refractivity contribution in [1.82, 2.24) is 9.88 Å². The number of carbonyl (C=O) groups is 1. The van der Waals surface area contributed by atoms with Crippen molar-refractivity contribution in [2.45, 2.75) is 18.9 Å². The summed E-state index contributed by atoms with van der Waals surface area (Å²) in [6.45, 7) is 3.53. The van der Waals surface area contributed by atoms with Gasteiger partial charge in [-0.2, -0.15) is 0 Å². The normalized spacial score (nSPS) is 20.4. The van der Waals surface area contributed by atoms with Crippen molar-refractivity contribution in [1.29, 1.82) is 0 Å². The Morgan fingerprint density at radius 1 is 1.32 bits per heavy atom. The second-order valence-corrected chi connectivity index (χ2v) is 6.55. The molecule has 0 spiro atoms. The number of carbonyl (C=O) groups excluding carboxylic acids is 1. The first kappa shape index (κ1) is 17.4. The van der Waals surface area contributed by atoms with Crippen LogP contribution in [0.1, 0.15) is 12.0 Å². The Morgan fingerprint density at radius 3 is 2.84 bits per heavy atom. The van der Waals surface area contributed by atoms with E-state index in [9.17, 15) is 9.90 Å². The Labute approximate surface area is 147 Å². The summed E-state index contributed by atoms with van der Waals surface area (Å²) < 4.78 is 5.71. The van der Waals surface area contributed by atoms with Crippen LogP contribution >= 0.6 is 0 Å². The second-order valence-electron chi connectivity index (χ2n) is 6.55. The lowest BCUT2D eigenvalue weighted by molar-refractivity contribution is -0.117. The maximum Gasteiger partial charge on any atom is 0.239 e. The number of ether oxygens (including phenoxy) is 1. The van der Waals surface area contributed by atoms with Crippen molar-refractivity contribution in [3.05, 3.63) is 54.2 Å². The fraction of sp³-hybridized carbons (Fsp3) is 0.368. The molecule has 1 aliphatic heterocycles. The van der Waals surface area contributed by atoms with Gasteiger partial charge in [0.25, 0.3) is 0 Å². The van der Waals surface area contributed by atoms with E-state index in [2.05, 4.69) is 10.3 Å². The van der Waals surface area contributed by atoms with Gasteiger partial charge in [-0.15, -0.1) is 0 Å². The summed E-state index contributed by atoms with van der Waals surface area (Å²) in [7, 11) is 0. The van der Waals surface area contributed by atoms with Gasteiger partial charge < -0.3 is 15.2 Å². The number of aryl methyl sites for hydroxylation is 1. The van der Waals surface area contributed by atoms with E-state index in [-0.39, 0.29) is 19.1 Å². The van der Waals surface area contributed by atoms with Crippen molar-refractivity contribution >= 4 is 11.7 Å². The summed E-state index contributed by atoms with van der Waals surface area (Å²) >= 11 is 0. The zero-order valence-electron chi connectivity index (χ0n) is 14.3. The number of nitrogens with zero attached hydrogens (tertiary/aromatic N) is 2. The first-order valence-electron chi connectivity index (χ1n) is 8.38. The van der Waals surface area contributed by atoms with Crippen LogP contribution in [0.15, 0.2) is 48.7 Å². The summed E-state index contributed by atoms with van der Waals surface area (Å²) in [5.41, 5.74) is 0.230. The number of likely N-dealkylation sites (tertiary alicyclic amines) is 1. The third kappa shape index (κ3) is 5.01. The van der Waals surface area contributed by atoms with Crippen LogP contribution < -0.4 is 10.1 Å². The Hall–Kier alpha value is -2.44. The number of β-amino-alcohol motifs (C(OH)–C–C–N with tert-alkyl or cyclic N) is 1. The lowest BCUT2D eigenvalue weighted by Crippen LogP contribution is -2.41. The van der Waals surface area contributed by atoms with Gasteiger partial charge >= 0.3 is 0 Å². The quantitative estimate of drug-likeness (QED) is 0.839. The average Bonchev–Trinajstić information content (AvgIpc) is 2.96. The summed E-state index contributed by atoms with van der Waals surface area (Å²) in [6.07, 6.45) is 2.21. The van der Waals surface area contributed by atoms with Gasteiger partial charge in [0.2, 0.25) is 5.91 Å². The van der Waals surface area contributed by atoms with E-state index in [0.717, 1.165) is 11.3 Å². The summed E-state index contributed by atoms with van der Waals surface area (Å²) in [5.74, 6) is 1.14. The lowest BCUT2D eigenvalue weighted by atomic mass is 10.1. The van der Waals surface area contributed by atoms with Gasteiger partial charge in [-0.1, -0.05) is 23.8 Å².